The van der Waals surface area contributed by atoms with Gasteiger partial charge in [0.1, 0.15) is 6.54 Å². The third-order valence-corrected chi connectivity index (χ3v) is 5.28. The van der Waals surface area contributed by atoms with E-state index in [4.69, 9.17) is 4.74 Å². The van der Waals surface area contributed by atoms with Gasteiger partial charge in [-0.1, -0.05) is 18.2 Å². The van der Waals surface area contributed by atoms with Crippen LogP contribution in [0.5, 0.6) is 0 Å². The highest BCUT2D eigenvalue weighted by Crippen LogP contribution is 2.17. The maximum atomic E-state index is 11.9. The van der Waals surface area contributed by atoms with Gasteiger partial charge in [0.15, 0.2) is 5.96 Å². The lowest BCUT2D eigenvalue weighted by atomic mass is 10.1. The van der Waals surface area contributed by atoms with Crippen LogP contribution in [-0.2, 0) is 16.0 Å². The standard InChI is InChI=1S/C22H34N6O2.HI/c1-27(2)21(29)17-26-22(23-9-5-11-28-12-14-30-15-13-28)24-10-8-18-16-25-20-7-4-3-6-19(18)20;/h3-4,6-7,16,25H,5,8-15,17H2,1-2H3,(H2,23,24,26);1H. The van der Waals surface area contributed by atoms with E-state index in [0.29, 0.717) is 5.96 Å². The van der Waals surface area contributed by atoms with Crippen LogP contribution >= 0.6 is 24.0 Å². The van der Waals surface area contributed by atoms with Gasteiger partial charge in [0, 0.05) is 57.4 Å². The summed E-state index contributed by atoms with van der Waals surface area (Å²) in [5.74, 6) is 0.674. The lowest BCUT2D eigenvalue weighted by Gasteiger charge is -2.26. The Balaban J connectivity index is 0.00000341. The predicted molar refractivity (Wildman–Crippen MR) is 136 cm³/mol. The number of benzene rings is 1. The monoisotopic (exact) mass is 542 g/mol. The minimum atomic E-state index is -0.0129. The molecule has 0 unspecified atom stereocenters. The molecule has 9 heteroatoms. The smallest absolute Gasteiger partial charge is 0.243 e. The topological polar surface area (TPSA) is 85.0 Å². The van der Waals surface area contributed by atoms with E-state index in [-0.39, 0.29) is 36.4 Å². The summed E-state index contributed by atoms with van der Waals surface area (Å²) < 4.78 is 5.39. The van der Waals surface area contributed by atoms with Gasteiger partial charge in [-0.3, -0.25) is 9.69 Å². The summed E-state index contributed by atoms with van der Waals surface area (Å²) in [6.45, 7) is 6.38. The Kier molecular flexibility index (Phi) is 11.1. The van der Waals surface area contributed by atoms with Crippen molar-refractivity contribution in [3.05, 3.63) is 36.0 Å². The number of ether oxygens (including phenoxy) is 1. The average Bonchev–Trinajstić information content (AvgIpc) is 3.18. The van der Waals surface area contributed by atoms with E-state index < -0.39 is 0 Å². The number of hydrogen-bond donors (Lipinski definition) is 3. The number of guanidine groups is 1. The second-order valence-electron chi connectivity index (χ2n) is 7.72. The van der Waals surface area contributed by atoms with Gasteiger partial charge in [0.2, 0.25) is 5.91 Å². The first-order valence-electron chi connectivity index (χ1n) is 10.7. The molecule has 3 N–H and O–H groups in total. The van der Waals surface area contributed by atoms with Gasteiger partial charge >= 0.3 is 0 Å². The Hall–Kier alpha value is -1.85. The van der Waals surface area contributed by atoms with Crippen molar-refractivity contribution in [3.63, 3.8) is 0 Å². The zero-order valence-corrected chi connectivity index (χ0v) is 20.9. The first kappa shape index (κ1) is 25.4. The number of rotatable bonds is 9. The number of aromatic amines is 1. The molecule has 8 nitrogen and oxygen atoms in total. The molecule has 1 aliphatic heterocycles. The van der Waals surface area contributed by atoms with Crippen LogP contribution in [0.4, 0.5) is 0 Å². The van der Waals surface area contributed by atoms with Gasteiger partial charge in [0.05, 0.1) is 13.2 Å². The summed E-state index contributed by atoms with van der Waals surface area (Å²) >= 11 is 0. The maximum Gasteiger partial charge on any atom is 0.243 e. The Labute approximate surface area is 201 Å². The highest BCUT2D eigenvalue weighted by molar-refractivity contribution is 14.0. The molecule has 0 saturated carbocycles. The van der Waals surface area contributed by atoms with Crippen molar-refractivity contribution in [2.24, 2.45) is 4.99 Å². The normalized spacial score (nSPS) is 14.8. The number of hydrogen-bond acceptors (Lipinski definition) is 4. The van der Waals surface area contributed by atoms with Crippen molar-refractivity contribution < 1.29 is 9.53 Å². The third-order valence-electron chi connectivity index (χ3n) is 5.28. The van der Waals surface area contributed by atoms with E-state index in [9.17, 15) is 4.79 Å². The van der Waals surface area contributed by atoms with Gasteiger partial charge in [-0.15, -0.1) is 24.0 Å². The van der Waals surface area contributed by atoms with Crippen LogP contribution in [0.1, 0.15) is 12.0 Å². The number of fused-ring (bicyclic) bond motifs is 1. The van der Waals surface area contributed by atoms with Crippen molar-refractivity contribution in [1.29, 1.82) is 0 Å². The summed E-state index contributed by atoms with van der Waals surface area (Å²) in [4.78, 5) is 23.7. The number of morpholine rings is 1. The number of likely N-dealkylation sites (N-methyl/N-ethyl adjacent to an activating group) is 1. The quantitative estimate of drug-likeness (QED) is 0.194. The highest BCUT2D eigenvalue weighted by Gasteiger charge is 2.10. The van der Waals surface area contributed by atoms with E-state index in [2.05, 4.69) is 49.9 Å². The molecule has 0 spiro atoms. The molecule has 0 radical (unpaired) electrons. The Bertz CT molecular complexity index is 832. The summed E-state index contributed by atoms with van der Waals surface area (Å²) in [5.41, 5.74) is 2.42. The minimum Gasteiger partial charge on any atom is -0.379 e. The summed E-state index contributed by atoms with van der Waals surface area (Å²) in [6, 6.07) is 8.31. The molecular weight excluding hydrogens is 507 g/mol. The number of carbonyl (C=O) groups is 1. The number of aromatic nitrogens is 1. The van der Waals surface area contributed by atoms with E-state index in [0.717, 1.165) is 64.3 Å². The van der Waals surface area contributed by atoms with Crippen LogP contribution in [0.15, 0.2) is 35.5 Å². The van der Waals surface area contributed by atoms with Crippen LogP contribution in [-0.4, -0.2) is 93.2 Å². The fourth-order valence-electron chi connectivity index (χ4n) is 3.45. The number of para-hydroxylation sites is 1. The number of aliphatic imine (C=N–C) groups is 1. The first-order chi connectivity index (χ1) is 14.6. The number of H-pyrrole nitrogens is 1. The fourth-order valence-corrected chi connectivity index (χ4v) is 3.45. The molecule has 1 saturated heterocycles. The molecular formula is C22H35IN6O2. The Morgan fingerprint density at radius 2 is 1.94 bits per heavy atom. The zero-order chi connectivity index (χ0) is 21.2. The van der Waals surface area contributed by atoms with Crippen molar-refractivity contribution in [2.75, 3.05) is 66.6 Å². The van der Waals surface area contributed by atoms with E-state index in [1.807, 2.05) is 6.07 Å². The van der Waals surface area contributed by atoms with E-state index in [1.165, 1.54) is 10.9 Å². The van der Waals surface area contributed by atoms with Gasteiger partial charge < -0.3 is 25.3 Å². The molecule has 3 rings (SSSR count). The molecule has 0 atom stereocenters. The van der Waals surface area contributed by atoms with Crippen LogP contribution in [0.25, 0.3) is 10.9 Å². The fraction of sp³-hybridized carbons (Fsp3) is 0.545. The average molecular weight is 542 g/mol. The number of amides is 1. The molecule has 2 aromatic rings. The van der Waals surface area contributed by atoms with Crippen molar-refractivity contribution >= 4 is 46.7 Å². The van der Waals surface area contributed by atoms with Crippen LogP contribution in [0.3, 0.4) is 0 Å². The summed E-state index contributed by atoms with van der Waals surface area (Å²) in [5, 5.41) is 8.00. The molecule has 1 aromatic carbocycles. The van der Waals surface area contributed by atoms with Crippen molar-refractivity contribution in [2.45, 2.75) is 12.8 Å². The van der Waals surface area contributed by atoms with E-state index in [1.54, 1.807) is 19.0 Å². The molecule has 0 bridgehead atoms. The van der Waals surface area contributed by atoms with Crippen LogP contribution < -0.4 is 10.6 Å². The first-order valence-corrected chi connectivity index (χ1v) is 10.7. The number of carbonyl (C=O) groups excluding carboxylic acids is 1. The van der Waals surface area contributed by atoms with Gasteiger partial charge in [0.25, 0.3) is 0 Å². The zero-order valence-electron chi connectivity index (χ0n) is 18.5. The molecule has 1 amide bonds. The Morgan fingerprint density at radius 1 is 1.19 bits per heavy atom. The third kappa shape index (κ3) is 8.30. The molecule has 172 valence electrons. The predicted octanol–water partition coefficient (Wildman–Crippen LogP) is 1.67. The van der Waals surface area contributed by atoms with Crippen LogP contribution in [0, 0.1) is 0 Å². The molecule has 1 aliphatic rings. The van der Waals surface area contributed by atoms with Gasteiger partial charge in [-0.25, -0.2) is 4.99 Å². The number of halogens is 1. The lowest BCUT2D eigenvalue weighted by Crippen LogP contribution is -2.41. The SMILES string of the molecule is CN(C)C(=O)CN=C(NCCCN1CCOCC1)NCCc1c[nH]c2ccccc12.I. The molecule has 2 heterocycles. The molecule has 31 heavy (non-hydrogen) atoms. The highest BCUT2D eigenvalue weighted by atomic mass is 127. The van der Waals surface area contributed by atoms with E-state index >= 15 is 0 Å². The number of nitrogens with one attached hydrogen (secondary N) is 3. The largest absolute Gasteiger partial charge is 0.379 e. The van der Waals surface area contributed by atoms with Crippen molar-refractivity contribution in [1.82, 2.24) is 25.4 Å². The minimum absolute atomic E-state index is 0. The number of nitrogens with zero attached hydrogens (tertiary/aromatic N) is 3. The molecule has 0 aliphatic carbocycles. The Morgan fingerprint density at radius 3 is 2.71 bits per heavy atom. The van der Waals surface area contributed by atoms with Crippen LogP contribution in [0.2, 0.25) is 0 Å². The molecule has 1 fully saturated rings. The van der Waals surface area contributed by atoms with Gasteiger partial charge in [-0.05, 0) is 31.0 Å². The summed E-state index contributed by atoms with van der Waals surface area (Å²) in [6.07, 6.45) is 3.96. The second-order valence-corrected chi connectivity index (χ2v) is 7.72. The van der Waals surface area contributed by atoms with Crippen molar-refractivity contribution in [3.8, 4) is 0 Å². The lowest BCUT2D eigenvalue weighted by molar-refractivity contribution is -0.127. The maximum absolute atomic E-state index is 11.9. The molecule has 1 aromatic heterocycles. The second kappa shape index (κ2) is 13.5. The van der Waals surface area contributed by atoms with Gasteiger partial charge in [-0.2, -0.15) is 0 Å². The summed E-state index contributed by atoms with van der Waals surface area (Å²) in [7, 11) is 3.50.